The molecule has 2 atom stereocenters. The maximum absolute atomic E-state index is 7.66. The lowest BCUT2D eigenvalue weighted by Gasteiger charge is -2.60. The van der Waals surface area contributed by atoms with E-state index in [0.717, 1.165) is 51.6 Å². The number of nitrogens with two attached hydrogens (primary N) is 1. The van der Waals surface area contributed by atoms with Crippen LogP contribution in [0, 0.1) is 0 Å². The van der Waals surface area contributed by atoms with E-state index < -0.39 is 16.6 Å². The summed E-state index contributed by atoms with van der Waals surface area (Å²) in [6.07, 6.45) is 6.55. The van der Waals surface area contributed by atoms with Crippen LogP contribution in [0.25, 0.3) is 0 Å². The third-order valence-corrected chi connectivity index (χ3v) is 19.6. The van der Waals surface area contributed by atoms with Crippen LogP contribution in [0.1, 0.15) is 108 Å². The van der Waals surface area contributed by atoms with Gasteiger partial charge in [0.05, 0.1) is 11.2 Å². The molecule has 0 aliphatic rings. The van der Waals surface area contributed by atoms with Gasteiger partial charge in [0.2, 0.25) is 0 Å². The molecule has 0 rings (SSSR count). The van der Waals surface area contributed by atoms with E-state index in [-0.39, 0.29) is 21.3 Å². The fourth-order valence-electron chi connectivity index (χ4n) is 6.03. The van der Waals surface area contributed by atoms with Gasteiger partial charge in [-0.15, -0.1) is 0 Å². The van der Waals surface area contributed by atoms with E-state index in [9.17, 15) is 0 Å². The highest BCUT2D eigenvalue weighted by Crippen LogP contribution is 2.60. The van der Waals surface area contributed by atoms with Gasteiger partial charge < -0.3 is 19.9 Å². The first kappa shape index (κ1) is 33.3. The van der Waals surface area contributed by atoms with Crippen molar-refractivity contribution < 1.29 is 8.85 Å². The van der Waals surface area contributed by atoms with E-state index in [2.05, 4.69) is 94.2 Å². The molecule has 0 radical (unpaired) electrons. The topological polar surface area (TPSA) is 56.5 Å². The Bertz CT molecular complexity index is 564. The second-order valence-electron chi connectivity index (χ2n) is 12.3. The highest BCUT2D eigenvalue weighted by Gasteiger charge is 2.61. The molecule has 33 heavy (non-hydrogen) atoms. The van der Waals surface area contributed by atoms with Crippen molar-refractivity contribution in [3.05, 3.63) is 0 Å². The molecule has 0 aliphatic heterocycles. The van der Waals surface area contributed by atoms with Crippen molar-refractivity contribution in [1.29, 1.82) is 0 Å². The molecule has 0 aliphatic carbocycles. The monoisotopic (exact) mass is 502 g/mol. The van der Waals surface area contributed by atoms with E-state index in [1.165, 1.54) is 6.04 Å². The zero-order valence-electron chi connectivity index (χ0n) is 25.0. The Morgan fingerprint density at radius 2 is 1.27 bits per heavy atom. The lowest BCUT2D eigenvalue weighted by Crippen LogP contribution is -2.64. The largest absolute Gasteiger partial charge is 0.412 e. The Balaban J connectivity index is 6.36. The van der Waals surface area contributed by atoms with Crippen LogP contribution in [0.15, 0.2) is 0 Å². The summed E-state index contributed by atoms with van der Waals surface area (Å²) in [7, 11) is -4.23. The lowest BCUT2D eigenvalue weighted by molar-refractivity contribution is -0.0127. The summed E-state index contributed by atoms with van der Waals surface area (Å²) in [5.74, 6) is 0. The molecule has 0 amide bonds. The summed E-state index contributed by atoms with van der Waals surface area (Å²) >= 11 is 0. The summed E-state index contributed by atoms with van der Waals surface area (Å²) in [6.45, 7) is 33.5. The molecule has 0 spiro atoms. The molecule has 0 fully saturated rings. The SMILES string of the molecule is CCC(C)(C)O[Si](C)(C)C(CC)(CC)C(C)(CC)O[Si](C)(CCCNCCN)C(C)(C)CC. The van der Waals surface area contributed by atoms with Crippen molar-refractivity contribution in [2.75, 3.05) is 19.6 Å². The standard InChI is InChI=1S/C27H62N2O2Si2/c1-14-24(6,7)30-32(11,12)27(17-4,18-5)26(10,16-3)31-33(13,25(8,9)15-2)23-19-21-29-22-20-28/h29H,14-23,28H2,1-13H3. The van der Waals surface area contributed by atoms with Gasteiger partial charge in [0, 0.05) is 18.1 Å². The van der Waals surface area contributed by atoms with Crippen molar-refractivity contribution in [2.24, 2.45) is 5.73 Å². The van der Waals surface area contributed by atoms with Gasteiger partial charge in [0.25, 0.3) is 0 Å². The van der Waals surface area contributed by atoms with Crippen molar-refractivity contribution in [1.82, 2.24) is 5.32 Å². The minimum absolute atomic E-state index is 0.0526. The maximum atomic E-state index is 7.66. The molecule has 0 aromatic heterocycles. The average molecular weight is 503 g/mol. The highest BCUT2D eigenvalue weighted by molar-refractivity contribution is 6.77. The molecule has 0 heterocycles. The summed E-state index contributed by atoms with van der Waals surface area (Å²) in [4.78, 5) is 0. The molecule has 0 bridgehead atoms. The van der Waals surface area contributed by atoms with Crippen LogP contribution < -0.4 is 11.1 Å². The normalized spacial score (nSPS) is 17.6. The van der Waals surface area contributed by atoms with Crippen molar-refractivity contribution >= 4 is 16.6 Å². The fraction of sp³-hybridized carbons (Fsp3) is 1.00. The van der Waals surface area contributed by atoms with E-state index in [4.69, 9.17) is 14.6 Å². The fourth-order valence-corrected chi connectivity index (χ4v) is 15.0. The lowest BCUT2D eigenvalue weighted by atomic mass is 9.81. The van der Waals surface area contributed by atoms with Crippen molar-refractivity contribution in [3.8, 4) is 0 Å². The molecule has 2 unspecified atom stereocenters. The van der Waals surface area contributed by atoms with Gasteiger partial charge in [-0.2, -0.15) is 0 Å². The summed E-state index contributed by atoms with van der Waals surface area (Å²) in [5.41, 5.74) is 5.38. The molecule has 0 saturated carbocycles. The highest BCUT2D eigenvalue weighted by atomic mass is 28.4. The molecule has 0 aromatic carbocycles. The minimum Gasteiger partial charge on any atom is -0.412 e. The van der Waals surface area contributed by atoms with E-state index in [1.807, 2.05) is 0 Å². The second-order valence-corrected chi connectivity index (χ2v) is 21.0. The average Bonchev–Trinajstić information content (AvgIpc) is 2.73. The second kappa shape index (κ2) is 13.0. The van der Waals surface area contributed by atoms with Crippen LogP contribution in [0.3, 0.4) is 0 Å². The van der Waals surface area contributed by atoms with Crippen LogP contribution in [0.4, 0.5) is 0 Å². The van der Waals surface area contributed by atoms with Crippen LogP contribution in [0.2, 0.25) is 35.8 Å². The Morgan fingerprint density at radius 1 is 0.727 bits per heavy atom. The molecule has 4 nitrogen and oxygen atoms in total. The van der Waals surface area contributed by atoms with Gasteiger partial charge >= 0.3 is 0 Å². The first-order valence-corrected chi connectivity index (χ1v) is 19.4. The molecular formula is C27H62N2O2Si2. The minimum atomic E-state index is -2.14. The maximum Gasteiger partial charge on any atom is 0.196 e. The van der Waals surface area contributed by atoms with Crippen LogP contribution in [-0.2, 0) is 8.85 Å². The van der Waals surface area contributed by atoms with E-state index in [0.29, 0.717) is 6.54 Å². The van der Waals surface area contributed by atoms with Gasteiger partial charge in [0.15, 0.2) is 16.6 Å². The first-order chi connectivity index (χ1) is 15.0. The van der Waals surface area contributed by atoms with Gasteiger partial charge in [-0.25, -0.2) is 0 Å². The molecule has 3 N–H and O–H groups in total. The Kier molecular flexibility index (Phi) is 13.1. The van der Waals surface area contributed by atoms with Gasteiger partial charge in [-0.1, -0.05) is 54.9 Å². The summed E-state index contributed by atoms with van der Waals surface area (Å²) in [5, 5.41) is 3.75. The third kappa shape index (κ3) is 7.63. The summed E-state index contributed by atoms with van der Waals surface area (Å²) < 4.78 is 14.7. The van der Waals surface area contributed by atoms with Crippen LogP contribution in [0.5, 0.6) is 0 Å². The zero-order valence-corrected chi connectivity index (χ0v) is 27.0. The van der Waals surface area contributed by atoms with E-state index >= 15 is 0 Å². The predicted octanol–water partition coefficient (Wildman–Crippen LogP) is 7.85. The molecular weight excluding hydrogens is 440 g/mol. The number of hydrogen-bond acceptors (Lipinski definition) is 4. The molecule has 6 heteroatoms. The van der Waals surface area contributed by atoms with Crippen LogP contribution >= 0.6 is 0 Å². The zero-order chi connectivity index (χ0) is 26.2. The Morgan fingerprint density at radius 3 is 1.67 bits per heavy atom. The smallest absolute Gasteiger partial charge is 0.196 e. The molecule has 0 saturated heterocycles. The molecule has 200 valence electrons. The number of hydrogen-bond donors (Lipinski definition) is 2. The Labute approximate surface area is 210 Å². The first-order valence-electron chi connectivity index (χ1n) is 13.8. The third-order valence-electron chi connectivity index (χ3n) is 9.52. The van der Waals surface area contributed by atoms with Gasteiger partial charge in [-0.3, -0.25) is 0 Å². The summed E-state index contributed by atoms with van der Waals surface area (Å²) in [6, 6.07) is 1.17. The number of rotatable bonds is 18. The van der Waals surface area contributed by atoms with Crippen LogP contribution in [-0.4, -0.2) is 47.5 Å². The quantitative estimate of drug-likeness (QED) is 0.148. The Hall–Kier alpha value is 0.274. The van der Waals surface area contributed by atoms with Gasteiger partial charge in [-0.05, 0) is 90.1 Å². The van der Waals surface area contributed by atoms with Crippen molar-refractivity contribution in [3.63, 3.8) is 0 Å². The van der Waals surface area contributed by atoms with Crippen molar-refractivity contribution in [2.45, 2.75) is 155 Å². The van der Waals surface area contributed by atoms with E-state index in [1.54, 1.807) is 0 Å². The predicted molar refractivity (Wildman–Crippen MR) is 153 cm³/mol. The molecule has 0 aromatic rings. The number of nitrogens with one attached hydrogen (secondary N) is 1. The van der Waals surface area contributed by atoms with Gasteiger partial charge in [0.1, 0.15) is 0 Å².